The Morgan fingerprint density at radius 2 is 1.50 bits per heavy atom. The van der Waals surface area contributed by atoms with Gasteiger partial charge >= 0.3 is 0 Å². The molecule has 5 nitrogen and oxygen atoms in total. The molecule has 24 heavy (non-hydrogen) atoms. The van der Waals surface area contributed by atoms with E-state index in [1.165, 1.54) is 16.7 Å². The van der Waals surface area contributed by atoms with Crippen LogP contribution in [0.2, 0.25) is 0 Å². The number of phenolic OH excluding ortho intramolecular Hbond substituents is 1. The molecule has 2 unspecified atom stereocenters. The van der Waals surface area contributed by atoms with E-state index >= 15 is 0 Å². The first-order valence-corrected chi connectivity index (χ1v) is 7.96. The van der Waals surface area contributed by atoms with Gasteiger partial charge in [0.05, 0.1) is 27.4 Å². The molecule has 2 aliphatic rings. The molecule has 1 N–H and O–H groups in total. The lowest BCUT2D eigenvalue weighted by Crippen LogP contribution is -2.29. The second-order valence-electron chi connectivity index (χ2n) is 6.35. The molecule has 5 heteroatoms. The zero-order chi connectivity index (χ0) is 17.0. The molecule has 2 bridgehead atoms. The number of ether oxygens (including phenoxy) is 3. The smallest absolute Gasteiger partial charge is 0.161 e. The van der Waals surface area contributed by atoms with Gasteiger partial charge in [0.25, 0.3) is 0 Å². The number of rotatable bonds is 3. The topological polar surface area (TPSA) is 51.2 Å². The summed E-state index contributed by atoms with van der Waals surface area (Å²) in [4.78, 5) is 2.35. The highest BCUT2D eigenvalue weighted by Crippen LogP contribution is 2.54. The monoisotopic (exact) mass is 327 g/mol. The van der Waals surface area contributed by atoms with Crippen LogP contribution in [0, 0.1) is 0 Å². The van der Waals surface area contributed by atoms with Crippen LogP contribution in [-0.2, 0) is 6.42 Å². The fraction of sp³-hybridized carbons (Fsp3) is 0.368. The standard InChI is InChI=1S/C19H21NO4/c1-20-14-5-10-6-17(23-3)18(24-4)8-11(10)19(20)13-7-15(21)16(22-2)9-12(13)14/h6-9,14,19,21H,5H2,1-4H3. The number of benzene rings is 2. The molecule has 2 atom stereocenters. The predicted octanol–water partition coefficient (Wildman–Crippen LogP) is 3.05. The molecule has 0 saturated carbocycles. The van der Waals surface area contributed by atoms with Gasteiger partial charge in [-0.05, 0) is 60.0 Å². The third-order valence-corrected chi connectivity index (χ3v) is 5.29. The molecule has 0 amide bonds. The summed E-state index contributed by atoms with van der Waals surface area (Å²) in [5.74, 6) is 2.19. The molecule has 0 aromatic heterocycles. The van der Waals surface area contributed by atoms with Gasteiger partial charge in [0, 0.05) is 6.04 Å². The van der Waals surface area contributed by atoms with Crippen molar-refractivity contribution in [3.05, 3.63) is 46.5 Å². The van der Waals surface area contributed by atoms with Crippen molar-refractivity contribution in [2.75, 3.05) is 28.4 Å². The predicted molar refractivity (Wildman–Crippen MR) is 90.3 cm³/mol. The van der Waals surface area contributed by atoms with Crippen molar-refractivity contribution in [1.29, 1.82) is 0 Å². The Balaban J connectivity index is 1.91. The summed E-state index contributed by atoms with van der Waals surface area (Å²) in [5, 5.41) is 10.2. The van der Waals surface area contributed by atoms with Gasteiger partial charge in [-0.3, -0.25) is 4.90 Å². The van der Waals surface area contributed by atoms with Gasteiger partial charge in [0.1, 0.15) is 0 Å². The van der Waals surface area contributed by atoms with Gasteiger partial charge in [-0.25, -0.2) is 0 Å². The minimum Gasteiger partial charge on any atom is -0.504 e. The molecule has 0 aliphatic carbocycles. The number of likely N-dealkylation sites (N-methyl/N-ethyl adjacent to an activating group) is 1. The van der Waals surface area contributed by atoms with E-state index in [1.807, 2.05) is 12.1 Å². The van der Waals surface area contributed by atoms with Gasteiger partial charge in [-0.1, -0.05) is 0 Å². The molecule has 0 saturated heterocycles. The fourth-order valence-corrected chi connectivity index (χ4v) is 4.13. The fourth-order valence-electron chi connectivity index (χ4n) is 4.13. The van der Waals surface area contributed by atoms with Crippen LogP contribution in [0.25, 0.3) is 0 Å². The molecule has 0 spiro atoms. The SMILES string of the molecule is COc1cc2c(cc1O)C1c3cc(OC)c(OC)cc3CC2N1C. The van der Waals surface area contributed by atoms with E-state index < -0.39 is 0 Å². The van der Waals surface area contributed by atoms with Crippen LogP contribution in [0.4, 0.5) is 0 Å². The molecule has 0 radical (unpaired) electrons. The van der Waals surface area contributed by atoms with E-state index in [2.05, 4.69) is 24.1 Å². The van der Waals surface area contributed by atoms with Crippen molar-refractivity contribution >= 4 is 0 Å². The Morgan fingerprint density at radius 1 is 0.875 bits per heavy atom. The van der Waals surface area contributed by atoms with E-state index in [0.717, 1.165) is 23.5 Å². The molecule has 2 heterocycles. The summed E-state index contributed by atoms with van der Waals surface area (Å²) < 4.78 is 16.2. The summed E-state index contributed by atoms with van der Waals surface area (Å²) in [7, 11) is 7.01. The maximum Gasteiger partial charge on any atom is 0.161 e. The van der Waals surface area contributed by atoms with Crippen LogP contribution in [-0.4, -0.2) is 38.4 Å². The van der Waals surface area contributed by atoms with Crippen LogP contribution >= 0.6 is 0 Å². The molecule has 2 aliphatic heterocycles. The Kier molecular flexibility index (Phi) is 3.35. The number of nitrogens with zero attached hydrogens (tertiary/aromatic N) is 1. The van der Waals surface area contributed by atoms with Gasteiger partial charge in [-0.2, -0.15) is 0 Å². The Bertz CT molecular complexity index is 817. The normalized spacial score (nSPS) is 21.2. The number of hydrogen-bond donors (Lipinski definition) is 1. The minimum absolute atomic E-state index is 0.102. The van der Waals surface area contributed by atoms with E-state index in [4.69, 9.17) is 14.2 Å². The zero-order valence-corrected chi connectivity index (χ0v) is 14.3. The number of hydrogen-bond acceptors (Lipinski definition) is 5. The minimum atomic E-state index is 0.102. The van der Waals surface area contributed by atoms with E-state index in [-0.39, 0.29) is 17.8 Å². The molecule has 2 aromatic rings. The summed E-state index contributed by atoms with van der Waals surface area (Å²) in [6.45, 7) is 0. The number of phenols is 1. The van der Waals surface area contributed by atoms with Crippen molar-refractivity contribution in [3.8, 4) is 23.0 Å². The summed E-state index contributed by atoms with van der Waals surface area (Å²) in [6, 6.07) is 8.30. The van der Waals surface area contributed by atoms with Crippen molar-refractivity contribution < 1.29 is 19.3 Å². The first-order chi connectivity index (χ1) is 11.6. The highest BCUT2D eigenvalue weighted by Gasteiger charge is 2.43. The average Bonchev–Trinajstić information content (AvgIpc) is 2.76. The molecular formula is C19H21NO4. The van der Waals surface area contributed by atoms with Gasteiger partial charge in [0.15, 0.2) is 23.0 Å². The molecular weight excluding hydrogens is 306 g/mol. The molecule has 4 rings (SSSR count). The van der Waals surface area contributed by atoms with Crippen molar-refractivity contribution in [2.24, 2.45) is 0 Å². The van der Waals surface area contributed by atoms with Gasteiger partial charge < -0.3 is 19.3 Å². The third kappa shape index (κ3) is 1.91. The van der Waals surface area contributed by atoms with Crippen molar-refractivity contribution in [3.63, 3.8) is 0 Å². The lowest BCUT2D eigenvalue weighted by Gasteiger charge is -2.34. The molecule has 2 aromatic carbocycles. The Hall–Kier alpha value is -2.40. The van der Waals surface area contributed by atoms with Crippen LogP contribution in [0.3, 0.4) is 0 Å². The van der Waals surface area contributed by atoms with Crippen molar-refractivity contribution in [1.82, 2.24) is 4.90 Å². The largest absolute Gasteiger partial charge is 0.504 e. The lowest BCUT2D eigenvalue weighted by atomic mass is 9.91. The van der Waals surface area contributed by atoms with E-state index in [0.29, 0.717) is 5.75 Å². The van der Waals surface area contributed by atoms with Crippen molar-refractivity contribution in [2.45, 2.75) is 18.5 Å². The Labute approximate surface area is 141 Å². The van der Waals surface area contributed by atoms with Crippen LogP contribution in [0.5, 0.6) is 23.0 Å². The lowest BCUT2D eigenvalue weighted by molar-refractivity contribution is 0.212. The second kappa shape index (κ2) is 5.31. The zero-order valence-electron chi connectivity index (χ0n) is 14.3. The number of methoxy groups -OCH3 is 3. The summed E-state index contributed by atoms with van der Waals surface area (Å²) in [6.07, 6.45) is 0.892. The van der Waals surface area contributed by atoms with E-state index in [1.54, 1.807) is 21.3 Å². The van der Waals surface area contributed by atoms with Gasteiger partial charge in [-0.15, -0.1) is 0 Å². The van der Waals surface area contributed by atoms with Crippen LogP contribution < -0.4 is 14.2 Å². The summed E-state index contributed by atoms with van der Waals surface area (Å²) >= 11 is 0. The first-order valence-electron chi connectivity index (χ1n) is 7.96. The quantitative estimate of drug-likeness (QED) is 0.939. The number of fused-ring (bicyclic) bond motifs is 7. The number of aromatic hydroxyl groups is 1. The van der Waals surface area contributed by atoms with E-state index in [9.17, 15) is 5.11 Å². The second-order valence-corrected chi connectivity index (χ2v) is 6.35. The maximum atomic E-state index is 10.2. The highest BCUT2D eigenvalue weighted by molar-refractivity contribution is 5.59. The molecule has 126 valence electrons. The summed E-state index contributed by atoms with van der Waals surface area (Å²) in [5.41, 5.74) is 4.81. The first kappa shape index (κ1) is 15.1. The highest BCUT2D eigenvalue weighted by atomic mass is 16.5. The Morgan fingerprint density at radius 3 is 2.17 bits per heavy atom. The maximum absolute atomic E-state index is 10.2. The average molecular weight is 327 g/mol. The molecule has 0 fully saturated rings. The van der Waals surface area contributed by atoms with Crippen LogP contribution in [0.15, 0.2) is 24.3 Å². The van der Waals surface area contributed by atoms with Crippen LogP contribution in [0.1, 0.15) is 34.3 Å². The third-order valence-electron chi connectivity index (χ3n) is 5.29. The van der Waals surface area contributed by atoms with Gasteiger partial charge in [0.2, 0.25) is 0 Å².